The number of halogens is 5. The van der Waals surface area contributed by atoms with E-state index in [-0.39, 0.29) is 38.0 Å². The number of aromatic nitrogens is 1. The molecule has 0 aliphatic carbocycles. The predicted octanol–water partition coefficient (Wildman–Crippen LogP) is 8.40. The van der Waals surface area contributed by atoms with Crippen LogP contribution in [0.1, 0.15) is 48.6 Å². The van der Waals surface area contributed by atoms with Gasteiger partial charge in [0, 0.05) is 75.6 Å². The van der Waals surface area contributed by atoms with Crippen molar-refractivity contribution >= 4 is 28.6 Å². The highest BCUT2D eigenvalue weighted by atomic mass is 32.2. The van der Waals surface area contributed by atoms with Crippen molar-refractivity contribution in [2.24, 2.45) is 0 Å². The summed E-state index contributed by atoms with van der Waals surface area (Å²) in [6.45, 7) is -11.6. The number of para-hydroxylation sites is 1. The van der Waals surface area contributed by atoms with Gasteiger partial charge in [-0.2, -0.15) is 13.2 Å². The summed E-state index contributed by atoms with van der Waals surface area (Å²) in [5.41, 5.74) is -4.77. The molecule has 1 aliphatic rings. The Morgan fingerprint density at radius 3 is 2.38 bits per heavy atom. The summed E-state index contributed by atoms with van der Waals surface area (Å²) in [7, 11) is -3.08. The van der Waals surface area contributed by atoms with E-state index in [4.69, 9.17) is 12.3 Å². The van der Waals surface area contributed by atoms with Gasteiger partial charge in [-0.15, -0.1) is 11.8 Å². The molecule has 0 bridgehead atoms. The molecule has 12 heteroatoms. The first-order valence-electron chi connectivity index (χ1n) is 22.5. The zero-order chi connectivity index (χ0) is 49.2. The van der Waals surface area contributed by atoms with Crippen LogP contribution in [0.15, 0.2) is 107 Å². The average molecular weight is 750 g/mol. The number of rotatable bonds is 12. The number of likely N-dealkylation sites (tertiary alicyclic amines) is 1. The molecule has 1 aromatic heterocycles. The number of hydrogen-bond acceptors (Lipinski definition) is 5. The maximum Gasteiger partial charge on any atom is 0.416 e. The Hall–Kier alpha value is -4.52. The Labute approximate surface area is 322 Å². The second-order valence-electron chi connectivity index (χ2n) is 11.3. The van der Waals surface area contributed by atoms with Gasteiger partial charge < -0.3 is 19.1 Å². The van der Waals surface area contributed by atoms with Crippen LogP contribution in [-0.2, 0) is 34.5 Å². The molecule has 0 N–H and O–H groups in total. The largest absolute Gasteiger partial charge is 0.416 e. The summed E-state index contributed by atoms with van der Waals surface area (Å²) in [5.74, 6) is -4.38. The zero-order valence-corrected chi connectivity index (χ0v) is 27.7. The van der Waals surface area contributed by atoms with Crippen LogP contribution in [0, 0.1) is 11.6 Å². The normalized spacial score (nSPS) is 23.2. The third kappa shape index (κ3) is 8.74. The number of thioether (sulfide) groups is 1. The maximum atomic E-state index is 15.1. The van der Waals surface area contributed by atoms with E-state index in [1.54, 1.807) is 0 Å². The van der Waals surface area contributed by atoms with Crippen molar-refractivity contribution in [3.8, 4) is 11.1 Å². The average Bonchev–Trinajstić information content (AvgIpc) is 3.22. The fraction of sp³-hybridized carbons (Fsp3) is 0.300. The number of fused-ring (bicyclic) bond motifs is 1. The van der Waals surface area contributed by atoms with E-state index >= 15 is 9.18 Å². The second kappa shape index (κ2) is 16.4. The Morgan fingerprint density at radius 2 is 1.69 bits per heavy atom. The van der Waals surface area contributed by atoms with Crippen molar-refractivity contribution in [2.45, 2.75) is 48.8 Å². The Morgan fingerprint density at radius 1 is 1.00 bits per heavy atom. The molecule has 0 unspecified atom stereocenters. The van der Waals surface area contributed by atoms with Gasteiger partial charge in [-0.3, -0.25) is 9.59 Å². The summed E-state index contributed by atoms with van der Waals surface area (Å²) in [6, 6.07) is 14.6. The molecule has 0 spiro atoms. The number of pyridine rings is 1. The van der Waals surface area contributed by atoms with Crippen LogP contribution in [0.4, 0.5) is 22.0 Å². The Balaban J connectivity index is 1.51. The quantitative estimate of drug-likeness (QED) is 0.0948. The van der Waals surface area contributed by atoms with Crippen LogP contribution < -0.4 is 5.43 Å². The minimum atomic E-state index is -4.63. The van der Waals surface area contributed by atoms with E-state index in [0.29, 0.717) is 11.1 Å². The number of benzene rings is 4. The van der Waals surface area contributed by atoms with E-state index < -0.39 is 116 Å². The molecule has 1 saturated heterocycles. The van der Waals surface area contributed by atoms with E-state index in [1.807, 2.05) is 0 Å². The molecule has 52 heavy (non-hydrogen) atoms. The van der Waals surface area contributed by atoms with Crippen LogP contribution in [0.25, 0.3) is 22.0 Å². The monoisotopic (exact) mass is 749 g/mol. The smallest absolute Gasteiger partial charge is 0.383 e. The van der Waals surface area contributed by atoms with E-state index in [2.05, 4.69) is 4.74 Å². The standard InChI is InChI=1S/C40H38F5N3O3S/c1-51-22-21-46-19-17-32(18-20-46)47(24-27-9-11-28(12-10-27)29-13-15-31(16-14-29)40(43,44)45)37(50)25-48-35-8-3-2-6-33(35)36(49)23-38(48)52-26-30-5-4-7-34(41)39(30)42/h2-16,23,32H,17-22,24-26H2,1H3/i1D3,17D2,18D2,19D2,20D2,26D2,32D. The number of hydrogen-bond donors (Lipinski definition) is 0. The molecule has 1 fully saturated rings. The van der Waals surface area contributed by atoms with Gasteiger partial charge in [-0.05, 0) is 59.8 Å². The number of nitrogens with zero attached hydrogens (tertiary/aromatic N) is 3. The molecule has 0 radical (unpaired) electrons. The Bertz CT molecular complexity index is 2660. The fourth-order valence-electron chi connectivity index (χ4n) is 5.27. The summed E-state index contributed by atoms with van der Waals surface area (Å²) in [5, 5.41) is -0.467. The molecule has 6 rings (SSSR count). The van der Waals surface area contributed by atoms with Gasteiger partial charge in [-0.1, -0.05) is 60.7 Å². The van der Waals surface area contributed by atoms with Crippen molar-refractivity contribution < 1.29 is 50.7 Å². The molecule has 0 saturated carbocycles. The zero-order valence-electron chi connectivity index (χ0n) is 40.9. The molecule has 4 aromatic carbocycles. The summed E-state index contributed by atoms with van der Waals surface area (Å²) >= 11 is 0.163. The third-order valence-electron chi connectivity index (χ3n) is 7.94. The van der Waals surface area contributed by atoms with Crippen LogP contribution in [0.3, 0.4) is 0 Å². The highest BCUT2D eigenvalue weighted by molar-refractivity contribution is 7.98. The number of carbonyl (C=O) groups is 1. The van der Waals surface area contributed by atoms with Crippen molar-refractivity contribution in [3.05, 3.63) is 136 Å². The first-order chi connectivity index (χ1) is 30.3. The van der Waals surface area contributed by atoms with Crippen LogP contribution >= 0.6 is 11.8 Å². The molecular weight excluding hydrogens is 698 g/mol. The summed E-state index contributed by atoms with van der Waals surface area (Å²) < 4.78 is 197. The number of alkyl halides is 3. The van der Waals surface area contributed by atoms with Gasteiger partial charge in [0.15, 0.2) is 17.1 Å². The van der Waals surface area contributed by atoms with Gasteiger partial charge in [-0.25, -0.2) is 8.78 Å². The molecule has 0 atom stereocenters. The van der Waals surface area contributed by atoms with E-state index in [9.17, 15) is 29.2 Å². The number of carbonyl (C=O) groups excluding carboxylic acids is 1. The van der Waals surface area contributed by atoms with Gasteiger partial charge in [0.05, 0.1) is 28.2 Å². The number of methoxy groups -OCH3 is 1. The molecule has 1 aliphatic heterocycles. The van der Waals surface area contributed by atoms with Crippen molar-refractivity contribution in [1.29, 1.82) is 0 Å². The summed E-state index contributed by atoms with van der Waals surface area (Å²) in [6.07, 6.45) is -12.5. The van der Waals surface area contributed by atoms with Gasteiger partial charge in [0.25, 0.3) is 0 Å². The van der Waals surface area contributed by atoms with Crippen LogP contribution in [0.2, 0.25) is 0 Å². The lowest BCUT2D eigenvalue weighted by molar-refractivity contribution is -0.137. The molecular formula is C40H38F5N3O3S. The highest BCUT2D eigenvalue weighted by Crippen LogP contribution is 2.32. The van der Waals surface area contributed by atoms with E-state index in [1.165, 1.54) is 60.7 Å². The van der Waals surface area contributed by atoms with Gasteiger partial charge >= 0.3 is 6.18 Å². The summed E-state index contributed by atoms with van der Waals surface area (Å²) in [4.78, 5) is 28.8. The first-order valence-corrected chi connectivity index (χ1v) is 16.4. The van der Waals surface area contributed by atoms with Gasteiger partial charge in [0.1, 0.15) is 6.54 Å². The third-order valence-corrected chi connectivity index (χ3v) is 8.81. The highest BCUT2D eigenvalue weighted by Gasteiger charge is 2.31. The molecule has 272 valence electrons. The Kier molecular flexibility index (Phi) is 7.34. The lowest BCUT2D eigenvalue weighted by Crippen LogP contribution is -2.48. The van der Waals surface area contributed by atoms with Gasteiger partial charge in [0.2, 0.25) is 5.91 Å². The van der Waals surface area contributed by atoms with E-state index in [0.717, 1.165) is 41.0 Å². The fourth-order valence-corrected chi connectivity index (χ4v) is 6.09. The molecule has 1 amide bonds. The molecule has 2 heterocycles. The minimum absolute atomic E-state index is 0.0101. The van der Waals surface area contributed by atoms with Crippen molar-refractivity contribution in [1.82, 2.24) is 14.4 Å². The number of piperidine rings is 1. The topological polar surface area (TPSA) is 54.8 Å². The van der Waals surface area contributed by atoms with Crippen LogP contribution in [0.5, 0.6) is 0 Å². The number of ether oxygens (including phenoxy) is 1. The molecule has 5 aromatic rings. The predicted molar refractivity (Wildman–Crippen MR) is 193 cm³/mol. The van der Waals surface area contributed by atoms with Crippen LogP contribution in [-0.4, -0.2) is 59.5 Å². The first kappa shape index (κ1) is 23.2. The molecule has 6 nitrogen and oxygen atoms in total. The number of amides is 1. The SMILES string of the molecule is [2H]C([2H])([2H])OCCN1C([2H])([2H])C([2H])([2H])C([2H])(N(Cc2ccc(-c3ccc(C(F)(F)F)cc3)cc2)C(=O)Cn2c(SC([2H])([2H])c3cccc(F)c3F)cc(=O)c3ccccc32)C([2H])([2H])C1([2H])[2H]. The lowest BCUT2D eigenvalue weighted by atomic mass is 10.00. The lowest BCUT2D eigenvalue weighted by Gasteiger charge is -2.39. The minimum Gasteiger partial charge on any atom is -0.383 e. The van der Waals surface area contributed by atoms with Crippen molar-refractivity contribution in [3.63, 3.8) is 0 Å². The second-order valence-corrected chi connectivity index (χ2v) is 12.2. The van der Waals surface area contributed by atoms with Crippen molar-refractivity contribution in [2.75, 3.05) is 33.2 Å². The maximum absolute atomic E-state index is 15.1.